The number of carbonyl (C=O) groups is 2. The van der Waals surface area contributed by atoms with Crippen molar-refractivity contribution in [3.05, 3.63) is 70.4 Å². The first-order valence-corrected chi connectivity index (χ1v) is 11.7. The number of para-hydroxylation sites is 2. The molecule has 2 aliphatic heterocycles. The van der Waals surface area contributed by atoms with Crippen LogP contribution in [0.4, 0.5) is 10.5 Å². The van der Waals surface area contributed by atoms with Crippen LogP contribution in [0.5, 0.6) is 5.75 Å². The van der Waals surface area contributed by atoms with Crippen molar-refractivity contribution in [3.8, 4) is 5.75 Å². The number of halogens is 1. The summed E-state index contributed by atoms with van der Waals surface area (Å²) in [6.45, 7) is 5.59. The van der Waals surface area contributed by atoms with E-state index in [9.17, 15) is 9.59 Å². The van der Waals surface area contributed by atoms with Gasteiger partial charge in [-0.15, -0.1) is 0 Å². The highest BCUT2D eigenvalue weighted by Crippen LogP contribution is 2.31. The van der Waals surface area contributed by atoms with Crippen LogP contribution in [0.15, 0.2) is 59.8 Å². The van der Waals surface area contributed by atoms with Crippen molar-refractivity contribution in [2.75, 3.05) is 51.3 Å². The number of nitrogens with zero attached hydrogens (tertiary/aromatic N) is 2. The summed E-state index contributed by atoms with van der Waals surface area (Å²) in [5, 5.41) is 6.29. The third-order valence-corrected chi connectivity index (χ3v) is 6.28. The minimum absolute atomic E-state index is 0.245. The molecule has 180 valence electrons. The Morgan fingerprint density at radius 3 is 2.47 bits per heavy atom. The first-order chi connectivity index (χ1) is 16.5. The number of benzene rings is 2. The first kappa shape index (κ1) is 23.9. The summed E-state index contributed by atoms with van der Waals surface area (Å²) in [7, 11) is 1.68. The van der Waals surface area contributed by atoms with Crippen LogP contribution in [0.1, 0.15) is 18.5 Å². The molecule has 2 N–H and O–H groups in total. The Hall–Kier alpha value is -3.23. The van der Waals surface area contributed by atoms with E-state index in [1.165, 1.54) is 0 Å². The summed E-state index contributed by atoms with van der Waals surface area (Å²) in [6.07, 6.45) is 0. The molecular weight excluding hydrogens is 456 g/mol. The van der Waals surface area contributed by atoms with Gasteiger partial charge in [0.15, 0.2) is 0 Å². The normalized spacial score (nSPS) is 18.9. The molecule has 0 spiro atoms. The van der Waals surface area contributed by atoms with Gasteiger partial charge < -0.3 is 25.0 Å². The third kappa shape index (κ3) is 5.29. The fraction of sp³-hybridized carbons (Fsp3) is 0.360. The summed E-state index contributed by atoms with van der Waals surface area (Å²) >= 11 is 6.04. The molecule has 34 heavy (non-hydrogen) atoms. The van der Waals surface area contributed by atoms with Crippen LogP contribution in [-0.4, -0.2) is 63.3 Å². The summed E-state index contributed by atoms with van der Waals surface area (Å²) in [5.74, 6) is 0.400. The van der Waals surface area contributed by atoms with Crippen LogP contribution in [-0.2, 0) is 9.53 Å². The number of hydrogen-bond acceptors (Lipinski definition) is 6. The van der Waals surface area contributed by atoms with Gasteiger partial charge in [-0.3, -0.25) is 4.90 Å². The highest BCUT2D eigenvalue weighted by molar-refractivity contribution is 6.30. The van der Waals surface area contributed by atoms with Crippen LogP contribution in [0.25, 0.3) is 0 Å². The topological polar surface area (TPSA) is 83.1 Å². The van der Waals surface area contributed by atoms with Crippen molar-refractivity contribution < 1.29 is 19.1 Å². The second-order valence-electron chi connectivity index (χ2n) is 8.13. The van der Waals surface area contributed by atoms with Crippen molar-refractivity contribution in [3.63, 3.8) is 0 Å². The van der Waals surface area contributed by atoms with Crippen LogP contribution in [0, 0.1) is 0 Å². The van der Waals surface area contributed by atoms with Gasteiger partial charge in [0.25, 0.3) is 0 Å². The van der Waals surface area contributed by atoms with E-state index in [1.54, 1.807) is 26.2 Å². The first-order valence-electron chi connectivity index (χ1n) is 11.3. The molecule has 0 saturated carbocycles. The largest absolute Gasteiger partial charge is 0.495 e. The Morgan fingerprint density at radius 1 is 1.09 bits per heavy atom. The van der Waals surface area contributed by atoms with Gasteiger partial charge in [0.2, 0.25) is 0 Å². The number of nitrogens with one attached hydrogen (secondary N) is 2. The molecule has 2 aromatic carbocycles. The van der Waals surface area contributed by atoms with Gasteiger partial charge in [0.05, 0.1) is 31.0 Å². The van der Waals surface area contributed by atoms with Crippen molar-refractivity contribution in [1.29, 1.82) is 0 Å². The molecule has 0 aliphatic carbocycles. The number of hydrogen-bond donors (Lipinski definition) is 2. The van der Waals surface area contributed by atoms with Crippen molar-refractivity contribution in [2.45, 2.75) is 13.0 Å². The molecule has 0 radical (unpaired) electrons. The van der Waals surface area contributed by atoms with E-state index < -0.39 is 12.0 Å². The lowest BCUT2D eigenvalue weighted by Crippen LogP contribution is -2.51. The second-order valence-corrected chi connectivity index (χ2v) is 8.57. The number of rotatable bonds is 7. The lowest BCUT2D eigenvalue weighted by atomic mass is 9.95. The SMILES string of the molecule is CCOC(=O)C1=C(CN2CCN(c3ccccc3OC)CC2)NC(=O)N[C@@H]1c1ccc(Cl)cc1. The second kappa shape index (κ2) is 10.8. The van der Waals surface area contributed by atoms with Crippen molar-refractivity contribution >= 4 is 29.3 Å². The van der Waals surface area contributed by atoms with Crippen molar-refractivity contribution in [2.24, 2.45) is 0 Å². The van der Waals surface area contributed by atoms with Crippen LogP contribution >= 0.6 is 11.6 Å². The van der Waals surface area contributed by atoms with E-state index in [2.05, 4.69) is 26.5 Å². The predicted octanol–water partition coefficient (Wildman–Crippen LogP) is 3.34. The summed E-state index contributed by atoms with van der Waals surface area (Å²) in [4.78, 5) is 30.0. The highest BCUT2D eigenvalue weighted by atomic mass is 35.5. The maximum absolute atomic E-state index is 13.0. The third-order valence-electron chi connectivity index (χ3n) is 6.03. The molecule has 2 aliphatic rings. The Bertz CT molecular complexity index is 1060. The lowest BCUT2D eigenvalue weighted by molar-refractivity contribution is -0.139. The average Bonchev–Trinajstić information content (AvgIpc) is 2.84. The molecule has 2 heterocycles. The average molecular weight is 485 g/mol. The molecule has 2 amide bonds. The van der Waals surface area contributed by atoms with Gasteiger partial charge in [-0.05, 0) is 36.8 Å². The van der Waals surface area contributed by atoms with Gasteiger partial charge in [0.1, 0.15) is 5.75 Å². The number of anilines is 1. The molecule has 0 aromatic heterocycles. The number of ether oxygens (including phenoxy) is 2. The molecule has 0 bridgehead atoms. The standard InChI is InChI=1S/C25H29ClN4O4/c1-3-34-24(31)22-19(27-25(32)28-23(22)17-8-10-18(26)11-9-17)16-29-12-14-30(15-13-29)20-6-4-5-7-21(20)33-2/h4-11,23H,3,12-16H2,1-2H3,(H2,27,28,32)/t23-/m1/s1. The zero-order valence-corrected chi connectivity index (χ0v) is 20.1. The van der Waals surface area contributed by atoms with E-state index in [4.69, 9.17) is 21.1 Å². The summed E-state index contributed by atoms with van der Waals surface area (Å²) in [6, 6.07) is 14.1. The molecule has 8 nitrogen and oxygen atoms in total. The molecule has 4 rings (SSSR count). The lowest BCUT2D eigenvalue weighted by Gasteiger charge is -2.38. The summed E-state index contributed by atoms with van der Waals surface area (Å²) in [5.41, 5.74) is 2.80. The van der Waals surface area contributed by atoms with E-state index in [1.807, 2.05) is 30.3 Å². The zero-order valence-electron chi connectivity index (χ0n) is 19.3. The van der Waals surface area contributed by atoms with E-state index in [0.29, 0.717) is 22.8 Å². The Balaban J connectivity index is 1.55. The molecule has 9 heteroatoms. The maximum Gasteiger partial charge on any atom is 0.338 e. The number of urea groups is 1. The van der Waals surface area contributed by atoms with E-state index >= 15 is 0 Å². The van der Waals surface area contributed by atoms with Crippen LogP contribution < -0.4 is 20.3 Å². The quantitative estimate of drug-likeness (QED) is 0.586. The molecule has 1 atom stereocenters. The monoisotopic (exact) mass is 484 g/mol. The van der Waals surface area contributed by atoms with Crippen molar-refractivity contribution in [1.82, 2.24) is 15.5 Å². The highest BCUT2D eigenvalue weighted by Gasteiger charge is 2.34. The maximum atomic E-state index is 13.0. The number of methoxy groups -OCH3 is 1. The van der Waals surface area contributed by atoms with Crippen LogP contribution in [0.2, 0.25) is 5.02 Å². The molecule has 1 saturated heterocycles. The smallest absolute Gasteiger partial charge is 0.338 e. The fourth-order valence-corrected chi connectivity index (χ4v) is 4.49. The summed E-state index contributed by atoms with van der Waals surface area (Å²) < 4.78 is 10.9. The molecule has 2 aromatic rings. The Morgan fingerprint density at radius 2 is 1.79 bits per heavy atom. The number of piperazine rings is 1. The van der Waals surface area contributed by atoms with Gasteiger partial charge in [-0.1, -0.05) is 35.9 Å². The van der Waals surface area contributed by atoms with Gasteiger partial charge in [0, 0.05) is 43.4 Å². The predicted molar refractivity (Wildman–Crippen MR) is 131 cm³/mol. The van der Waals surface area contributed by atoms with E-state index in [-0.39, 0.29) is 12.6 Å². The molecule has 1 fully saturated rings. The van der Waals surface area contributed by atoms with E-state index in [0.717, 1.165) is 43.2 Å². The molecule has 0 unspecified atom stereocenters. The van der Waals surface area contributed by atoms with Gasteiger partial charge >= 0.3 is 12.0 Å². The minimum Gasteiger partial charge on any atom is -0.495 e. The zero-order chi connectivity index (χ0) is 24.1. The fourth-order valence-electron chi connectivity index (χ4n) is 4.36. The van der Waals surface area contributed by atoms with Gasteiger partial charge in [-0.25, -0.2) is 9.59 Å². The van der Waals surface area contributed by atoms with Crippen LogP contribution in [0.3, 0.4) is 0 Å². The minimum atomic E-state index is -0.616. The van der Waals surface area contributed by atoms with Gasteiger partial charge in [-0.2, -0.15) is 0 Å². The number of carbonyl (C=O) groups excluding carboxylic acids is 2. The Kier molecular flexibility index (Phi) is 7.59. The Labute approximate surface area is 204 Å². The number of amides is 2. The number of esters is 1. The molecular formula is C25H29ClN4O4.